The predicted molar refractivity (Wildman–Crippen MR) is 105 cm³/mol. The van der Waals surface area contributed by atoms with Gasteiger partial charge in [-0.05, 0) is 43.8 Å². The number of amides is 2. The summed E-state index contributed by atoms with van der Waals surface area (Å²) in [6.45, 7) is 5.53. The molecule has 2 saturated heterocycles. The van der Waals surface area contributed by atoms with E-state index in [1.54, 1.807) is 11.3 Å². The quantitative estimate of drug-likeness (QED) is 0.882. The maximum atomic E-state index is 13.1. The molecule has 0 aliphatic carbocycles. The normalized spacial score (nSPS) is 24.1. The minimum atomic E-state index is -0.313. The Hall–Kier alpha value is -2.18. The summed E-state index contributed by atoms with van der Waals surface area (Å²) >= 11 is 1.62. The first kappa shape index (κ1) is 18.2. The average Bonchev–Trinajstić information content (AvgIpc) is 3.35. The van der Waals surface area contributed by atoms with E-state index in [0.717, 1.165) is 22.4 Å². The highest BCUT2D eigenvalue weighted by Gasteiger charge is 2.50. The molecule has 1 N–H and O–H groups in total. The molecule has 2 fully saturated rings. The van der Waals surface area contributed by atoms with Crippen LogP contribution in [0.5, 0.6) is 0 Å². The number of nitrogens with zero attached hydrogens (tertiary/aromatic N) is 1. The Labute approximate surface area is 163 Å². The van der Waals surface area contributed by atoms with Gasteiger partial charge in [-0.25, -0.2) is 0 Å². The number of hydrogen-bond acceptors (Lipinski definition) is 4. The lowest BCUT2D eigenvalue weighted by Crippen LogP contribution is -2.37. The molecule has 3 heterocycles. The van der Waals surface area contributed by atoms with Gasteiger partial charge < -0.3 is 15.0 Å². The van der Waals surface area contributed by atoms with Crippen molar-refractivity contribution in [2.75, 3.05) is 13.2 Å². The van der Waals surface area contributed by atoms with Crippen molar-refractivity contribution in [1.29, 1.82) is 0 Å². The molecule has 3 atom stereocenters. The lowest BCUT2D eigenvalue weighted by Gasteiger charge is -2.23. The molecule has 1 aromatic heterocycles. The Balaban J connectivity index is 1.49. The number of aryl methyl sites for hydroxylation is 2. The second-order valence-electron chi connectivity index (χ2n) is 7.43. The zero-order valence-corrected chi connectivity index (χ0v) is 16.4. The van der Waals surface area contributed by atoms with E-state index in [-0.39, 0.29) is 29.9 Å². The molecule has 2 amide bonds. The van der Waals surface area contributed by atoms with Crippen molar-refractivity contribution < 1.29 is 14.3 Å². The fourth-order valence-corrected chi connectivity index (χ4v) is 4.86. The van der Waals surface area contributed by atoms with Crippen molar-refractivity contribution in [2.24, 2.45) is 5.92 Å². The van der Waals surface area contributed by atoms with Gasteiger partial charge in [-0.2, -0.15) is 0 Å². The summed E-state index contributed by atoms with van der Waals surface area (Å²) in [5, 5.41) is 5.01. The minimum Gasteiger partial charge on any atom is -0.375 e. The number of thiophene rings is 1. The van der Waals surface area contributed by atoms with Crippen molar-refractivity contribution >= 4 is 23.2 Å². The molecule has 142 valence electrons. The Bertz CT molecular complexity index is 829. The van der Waals surface area contributed by atoms with E-state index in [0.29, 0.717) is 25.3 Å². The van der Waals surface area contributed by atoms with Crippen LogP contribution in [-0.4, -0.2) is 42.0 Å². The molecule has 2 aromatic rings. The number of nitrogens with one attached hydrogen (secondary N) is 1. The number of carbonyl (C=O) groups excluding carboxylic acids is 2. The van der Waals surface area contributed by atoms with Gasteiger partial charge in [0.25, 0.3) is 5.91 Å². The van der Waals surface area contributed by atoms with Crippen molar-refractivity contribution in [3.05, 3.63) is 57.3 Å². The average molecular weight is 385 g/mol. The Morgan fingerprint density at radius 1 is 1.26 bits per heavy atom. The van der Waals surface area contributed by atoms with Gasteiger partial charge in [-0.15, -0.1) is 11.3 Å². The van der Waals surface area contributed by atoms with Crippen LogP contribution in [0, 0.1) is 19.8 Å². The van der Waals surface area contributed by atoms with Gasteiger partial charge in [0.1, 0.15) is 0 Å². The van der Waals surface area contributed by atoms with Crippen LogP contribution in [0.2, 0.25) is 0 Å². The van der Waals surface area contributed by atoms with Crippen molar-refractivity contribution in [1.82, 2.24) is 10.2 Å². The predicted octanol–water partition coefficient (Wildman–Crippen LogP) is 2.91. The summed E-state index contributed by atoms with van der Waals surface area (Å²) in [7, 11) is 0. The molecule has 1 aromatic carbocycles. The van der Waals surface area contributed by atoms with E-state index in [1.165, 1.54) is 0 Å². The Morgan fingerprint density at radius 3 is 2.74 bits per heavy atom. The van der Waals surface area contributed by atoms with E-state index >= 15 is 0 Å². The van der Waals surface area contributed by atoms with Gasteiger partial charge in [-0.1, -0.05) is 23.3 Å². The topological polar surface area (TPSA) is 58.6 Å². The number of rotatable bonds is 4. The number of fused-ring (bicyclic) bond motifs is 1. The van der Waals surface area contributed by atoms with E-state index < -0.39 is 0 Å². The van der Waals surface area contributed by atoms with Crippen LogP contribution in [0.15, 0.2) is 35.7 Å². The molecular formula is C21H24N2O3S. The van der Waals surface area contributed by atoms with Crippen LogP contribution in [0.1, 0.15) is 32.8 Å². The monoisotopic (exact) mass is 384 g/mol. The highest BCUT2D eigenvalue weighted by atomic mass is 32.1. The van der Waals surface area contributed by atoms with Gasteiger partial charge in [0.05, 0.1) is 24.6 Å². The third kappa shape index (κ3) is 3.64. The van der Waals surface area contributed by atoms with Crippen LogP contribution in [0.4, 0.5) is 0 Å². The highest BCUT2D eigenvalue weighted by Crippen LogP contribution is 2.35. The second-order valence-corrected chi connectivity index (χ2v) is 8.46. The molecular weight excluding hydrogens is 360 g/mol. The summed E-state index contributed by atoms with van der Waals surface area (Å²) in [6, 6.07) is 9.86. The number of carbonyl (C=O) groups is 2. The molecule has 4 rings (SSSR count). The van der Waals surface area contributed by atoms with Gasteiger partial charge in [-0.3, -0.25) is 9.59 Å². The largest absolute Gasteiger partial charge is 0.375 e. The van der Waals surface area contributed by atoms with Crippen LogP contribution < -0.4 is 5.32 Å². The van der Waals surface area contributed by atoms with Gasteiger partial charge in [0.2, 0.25) is 5.91 Å². The molecule has 27 heavy (non-hydrogen) atoms. The number of likely N-dealkylation sites (tertiary alicyclic amines) is 1. The fourth-order valence-electron chi connectivity index (χ4n) is 4.22. The van der Waals surface area contributed by atoms with Gasteiger partial charge >= 0.3 is 0 Å². The van der Waals surface area contributed by atoms with Crippen LogP contribution >= 0.6 is 11.3 Å². The molecule has 0 radical (unpaired) electrons. The van der Waals surface area contributed by atoms with Crippen LogP contribution in [0.25, 0.3) is 0 Å². The standard InChI is InChI=1S/C21H24N2O3S/c1-13-8-14(2)10-15(9-13)21(25)23-12-17(19-18(23)5-6-26-19)20(24)22-11-16-4-3-7-27-16/h3-4,7-10,17-19H,5-6,11-12H2,1-2H3,(H,22,24). The van der Waals surface area contributed by atoms with E-state index in [4.69, 9.17) is 4.74 Å². The number of hydrogen-bond donors (Lipinski definition) is 1. The van der Waals surface area contributed by atoms with Gasteiger partial charge in [0, 0.05) is 23.6 Å². The smallest absolute Gasteiger partial charge is 0.254 e. The first-order chi connectivity index (χ1) is 13.0. The Kier molecular flexibility index (Phi) is 5.02. The first-order valence-electron chi connectivity index (χ1n) is 9.34. The maximum Gasteiger partial charge on any atom is 0.254 e. The van der Waals surface area contributed by atoms with Crippen LogP contribution in [0.3, 0.4) is 0 Å². The fraction of sp³-hybridized carbons (Fsp3) is 0.429. The SMILES string of the molecule is Cc1cc(C)cc(C(=O)N2CC(C(=O)NCc3cccs3)C3OCCC32)c1. The third-order valence-corrected chi connectivity index (χ3v) is 6.25. The summed E-state index contributed by atoms with van der Waals surface area (Å²) < 4.78 is 5.86. The summed E-state index contributed by atoms with van der Waals surface area (Å²) in [5.74, 6) is -0.348. The first-order valence-corrected chi connectivity index (χ1v) is 10.2. The highest BCUT2D eigenvalue weighted by molar-refractivity contribution is 7.09. The molecule has 2 aliphatic heterocycles. The third-order valence-electron chi connectivity index (χ3n) is 5.38. The molecule has 0 bridgehead atoms. The summed E-state index contributed by atoms with van der Waals surface area (Å²) in [6.07, 6.45) is 0.582. The lowest BCUT2D eigenvalue weighted by molar-refractivity contribution is -0.127. The molecule has 2 aliphatic rings. The maximum absolute atomic E-state index is 13.1. The van der Waals surface area contributed by atoms with Crippen molar-refractivity contribution in [2.45, 2.75) is 39.0 Å². The van der Waals surface area contributed by atoms with E-state index in [9.17, 15) is 9.59 Å². The molecule has 3 unspecified atom stereocenters. The number of ether oxygens (including phenoxy) is 1. The van der Waals surface area contributed by atoms with E-state index in [2.05, 4.69) is 11.4 Å². The minimum absolute atomic E-state index is 0.00384. The van der Waals surface area contributed by atoms with E-state index in [1.807, 2.05) is 48.4 Å². The molecule has 5 nitrogen and oxygen atoms in total. The van der Waals surface area contributed by atoms with Gasteiger partial charge in [0.15, 0.2) is 0 Å². The molecule has 6 heteroatoms. The van der Waals surface area contributed by atoms with Crippen molar-refractivity contribution in [3.8, 4) is 0 Å². The van der Waals surface area contributed by atoms with Crippen molar-refractivity contribution in [3.63, 3.8) is 0 Å². The van der Waals surface area contributed by atoms with Crippen LogP contribution in [-0.2, 0) is 16.1 Å². The summed E-state index contributed by atoms with van der Waals surface area (Å²) in [4.78, 5) is 28.9. The molecule has 0 spiro atoms. The second kappa shape index (κ2) is 7.44. The summed E-state index contributed by atoms with van der Waals surface area (Å²) in [5.41, 5.74) is 2.84. The molecule has 0 saturated carbocycles. The zero-order valence-electron chi connectivity index (χ0n) is 15.6. The Morgan fingerprint density at radius 2 is 2.04 bits per heavy atom. The zero-order chi connectivity index (χ0) is 19.0. The number of benzene rings is 1. The lowest BCUT2D eigenvalue weighted by atomic mass is 10.0.